The van der Waals surface area contributed by atoms with Crippen LogP contribution >= 0.6 is 23.2 Å². The lowest BCUT2D eigenvalue weighted by molar-refractivity contribution is -0.00931. The SMILES string of the molecule is O=C(c1cc(F)cc(Cl)c1)N1CCC2(CC1)Oc1cc(Cl)ccc1-n1cccc12. The van der Waals surface area contributed by atoms with Crippen LogP contribution in [-0.4, -0.2) is 28.5 Å². The van der Waals surface area contributed by atoms with Crippen molar-refractivity contribution in [1.82, 2.24) is 9.47 Å². The number of ether oxygens (including phenoxy) is 1. The van der Waals surface area contributed by atoms with E-state index in [4.69, 9.17) is 27.9 Å². The van der Waals surface area contributed by atoms with Gasteiger partial charge in [-0.3, -0.25) is 4.79 Å². The van der Waals surface area contributed by atoms with Crippen LogP contribution in [0.5, 0.6) is 5.75 Å². The van der Waals surface area contributed by atoms with Crippen molar-refractivity contribution < 1.29 is 13.9 Å². The van der Waals surface area contributed by atoms with E-state index in [2.05, 4.69) is 10.6 Å². The molecule has 1 amide bonds. The summed E-state index contributed by atoms with van der Waals surface area (Å²) in [5.41, 5.74) is 1.74. The highest BCUT2D eigenvalue weighted by atomic mass is 35.5. The lowest BCUT2D eigenvalue weighted by Gasteiger charge is -2.45. The van der Waals surface area contributed by atoms with Gasteiger partial charge in [0, 0.05) is 53.8 Å². The Balaban J connectivity index is 1.42. The van der Waals surface area contributed by atoms with Gasteiger partial charge in [0.1, 0.15) is 11.6 Å². The summed E-state index contributed by atoms with van der Waals surface area (Å²) < 4.78 is 22.3. The monoisotopic (exact) mass is 430 g/mol. The van der Waals surface area contributed by atoms with E-state index in [0.717, 1.165) is 17.1 Å². The van der Waals surface area contributed by atoms with Gasteiger partial charge in [0.15, 0.2) is 5.60 Å². The van der Waals surface area contributed by atoms with Crippen LogP contribution in [0.15, 0.2) is 54.7 Å². The molecule has 0 N–H and O–H groups in total. The lowest BCUT2D eigenvalue weighted by atomic mass is 9.86. The lowest BCUT2D eigenvalue weighted by Crippen LogP contribution is -2.50. The Kier molecular flexibility index (Phi) is 4.33. The van der Waals surface area contributed by atoms with Crippen LogP contribution in [0.2, 0.25) is 10.0 Å². The summed E-state index contributed by atoms with van der Waals surface area (Å²) in [7, 11) is 0. The van der Waals surface area contributed by atoms with Crippen LogP contribution in [0.3, 0.4) is 0 Å². The van der Waals surface area contributed by atoms with Gasteiger partial charge in [-0.25, -0.2) is 4.39 Å². The minimum Gasteiger partial charge on any atom is -0.479 e. The van der Waals surface area contributed by atoms with Crippen LogP contribution in [0.1, 0.15) is 28.9 Å². The summed E-state index contributed by atoms with van der Waals surface area (Å²) >= 11 is 12.1. The van der Waals surface area contributed by atoms with Crippen molar-refractivity contribution in [3.8, 4) is 11.4 Å². The molecule has 0 saturated carbocycles. The van der Waals surface area contributed by atoms with Crippen LogP contribution in [0, 0.1) is 5.82 Å². The molecular formula is C22H17Cl2FN2O2. The number of fused-ring (bicyclic) bond motifs is 4. The van der Waals surface area contributed by atoms with Crippen molar-refractivity contribution in [2.75, 3.05) is 13.1 Å². The van der Waals surface area contributed by atoms with Crippen molar-refractivity contribution in [2.45, 2.75) is 18.4 Å². The Morgan fingerprint density at radius 3 is 2.59 bits per heavy atom. The largest absolute Gasteiger partial charge is 0.479 e. The first-order chi connectivity index (χ1) is 13.9. The first-order valence-corrected chi connectivity index (χ1v) is 10.1. The van der Waals surface area contributed by atoms with Crippen molar-refractivity contribution in [2.24, 2.45) is 0 Å². The minimum atomic E-state index is -0.530. The zero-order valence-corrected chi connectivity index (χ0v) is 16.9. The number of nitrogens with zero attached hydrogens (tertiary/aromatic N) is 2. The zero-order chi connectivity index (χ0) is 20.2. The average Bonchev–Trinajstić information content (AvgIpc) is 3.18. The number of amides is 1. The van der Waals surface area contributed by atoms with Crippen molar-refractivity contribution >= 4 is 29.1 Å². The van der Waals surface area contributed by atoms with E-state index in [1.807, 2.05) is 30.5 Å². The van der Waals surface area contributed by atoms with Gasteiger partial charge in [0.05, 0.1) is 11.4 Å². The van der Waals surface area contributed by atoms with Gasteiger partial charge in [0.25, 0.3) is 5.91 Å². The number of rotatable bonds is 1. The Labute approximate surface area is 177 Å². The third-order valence-corrected chi connectivity index (χ3v) is 6.12. The number of piperidine rings is 1. The molecule has 0 radical (unpaired) electrons. The molecule has 5 rings (SSSR count). The van der Waals surface area contributed by atoms with Crippen LogP contribution in [0.4, 0.5) is 4.39 Å². The summed E-state index contributed by atoms with van der Waals surface area (Å²) in [4.78, 5) is 14.6. The third kappa shape index (κ3) is 3.09. The highest BCUT2D eigenvalue weighted by Gasteiger charge is 2.44. The number of hydrogen-bond donors (Lipinski definition) is 0. The van der Waals surface area contributed by atoms with E-state index in [-0.39, 0.29) is 16.5 Å². The van der Waals surface area contributed by atoms with Gasteiger partial charge in [-0.1, -0.05) is 23.2 Å². The standard InChI is InChI=1S/C22H17Cl2FN2O2/c23-15-3-4-18-19(13-15)29-22(20-2-1-7-27(18)20)5-8-26(9-6-22)21(28)14-10-16(24)12-17(25)11-14/h1-4,7,10-13H,5-6,8-9H2. The molecule has 1 fully saturated rings. The number of carbonyl (C=O) groups is 1. The van der Waals surface area contributed by atoms with Gasteiger partial charge in [0.2, 0.25) is 0 Å². The maximum absolute atomic E-state index is 13.7. The summed E-state index contributed by atoms with van der Waals surface area (Å²) in [6.07, 6.45) is 3.26. The van der Waals surface area contributed by atoms with Gasteiger partial charge in [-0.15, -0.1) is 0 Å². The van der Waals surface area contributed by atoms with E-state index in [1.165, 1.54) is 18.2 Å². The summed E-state index contributed by atoms with van der Waals surface area (Å²) in [5.74, 6) is -0.00923. The second kappa shape index (κ2) is 6.78. The third-order valence-electron chi connectivity index (χ3n) is 5.67. The predicted octanol–water partition coefficient (Wildman–Crippen LogP) is 5.45. The molecule has 4 nitrogen and oxygen atoms in total. The fraction of sp³-hybridized carbons (Fsp3) is 0.227. The maximum Gasteiger partial charge on any atom is 0.254 e. The molecule has 3 aromatic rings. The van der Waals surface area contributed by atoms with Gasteiger partial charge in [-0.05, 0) is 42.5 Å². The highest BCUT2D eigenvalue weighted by molar-refractivity contribution is 6.31. The number of benzene rings is 2. The Morgan fingerprint density at radius 1 is 1.03 bits per heavy atom. The summed E-state index contributed by atoms with van der Waals surface area (Å²) in [6.45, 7) is 0.988. The second-order valence-corrected chi connectivity index (χ2v) is 8.30. The van der Waals surface area contributed by atoms with Crippen LogP contribution in [0.25, 0.3) is 5.69 Å². The molecule has 2 aliphatic heterocycles. The number of likely N-dealkylation sites (tertiary alicyclic amines) is 1. The smallest absolute Gasteiger partial charge is 0.254 e. The molecule has 0 unspecified atom stereocenters. The number of halogens is 3. The summed E-state index contributed by atoms with van der Waals surface area (Å²) in [6, 6.07) is 13.6. The van der Waals surface area contributed by atoms with Crippen molar-refractivity contribution in [3.05, 3.63) is 81.8 Å². The fourth-order valence-corrected chi connectivity index (χ4v) is 4.67. The highest BCUT2D eigenvalue weighted by Crippen LogP contribution is 2.45. The molecule has 0 aliphatic carbocycles. The first-order valence-electron chi connectivity index (χ1n) is 9.37. The molecule has 3 heterocycles. The van der Waals surface area contributed by atoms with Gasteiger partial charge >= 0.3 is 0 Å². The van der Waals surface area contributed by atoms with E-state index < -0.39 is 11.4 Å². The van der Waals surface area contributed by atoms with E-state index >= 15 is 0 Å². The Hall–Kier alpha value is -2.50. The molecule has 29 heavy (non-hydrogen) atoms. The van der Waals surface area contributed by atoms with E-state index in [9.17, 15) is 9.18 Å². The molecule has 0 bridgehead atoms. The number of carbonyl (C=O) groups excluding carboxylic acids is 1. The first kappa shape index (κ1) is 18.5. The Bertz CT molecular complexity index is 1100. The molecule has 7 heteroatoms. The van der Waals surface area contributed by atoms with E-state index in [0.29, 0.717) is 31.0 Å². The molecule has 1 aromatic heterocycles. The molecule has 1 saturated heterocycles. The molecule has 1 spiro atoms. The van der Waals surface area contributed by atoms with Gasteiger partial charge in [-0.2, -0.15) is 0 Å². The summed E-state index contributed by atoms with van der Waals surface area (Å²) in [5, 5.41) is 0.828. The second-order valence-electron chi connectivity index (χ2n) is 7.42. The van der Waals surface area contributed by atoms with Crippen molar-refractivity contribution in [3.63, 3.8) is 0 Å². The molecule has 2 aliphatic rings. The fourth-order valence-electron chi connectivity index (χ4n) is 4.28. The normalized spacial score (nSPS) is 16.9. The molecule has 0 atom stereocenters. The zero-order valence-electron chi connectivity index (χ0n) is 15.4. The van der Waals surface area contributed by atoms with Crippen LogP contribution in [-0.2, 0) is 5.60 Å². The predicted molar refractivity (Wildman–Crippen MR) is 110 cm³/mol. The molecule has 148 valence electrons. The van der Waals surface area contributed by atoms with Crippen LogP contribution < -0.4 is 4.74 Å². The number of aromatic nitrogens is 1. The van der Waals surface area contributed by atoms with E-state index in [1.54, 1.807) is 4.90 Å². The topological polar surface area (TPSA) is 34.5 Å². The Morgan fingerprint density at radius 2 is 1.83 bits per heavy atom. The number of hydrogen-bond acceptors (Lipinski definition) is 2. The average molecular weight is 431 g/mol. The van der Waals surface area contributed by atoms with Crippen molar-refractivity contribution in [1.29, 1.82) is 0 Å². The molecule has 2 aromatic carbocycles. The molecular weight excluding hydrogens is 414 g/mol. The quantitative estimate of drug-likeness (QED) is 0.514. The van der Waals surface area contributed by atoms with Gasteiger partial charge < -0.3 is 14.2 Å². The minimum absolute atomic E-state index is 0.212. The maximum atomic E-state index is 13.7.